The number of aromatic nitrogens is 4. The number of rotatable bonds is 2. The maximum atomic E-state index is 11.1. The van der Waals surface area contributed by atoms with Gasteiger partial charge >= 0.3 is 5.97 Å². The van der Waals surface area contributed by atoms with E-state index in [0.717, 1.165) is 5.56 Å². The van der Waals surface area contributed by atoms with Gasteiger partial charge in [-0.1, -0.05) is 0 Å². The summed E-state index contributed by atoms with van der Waals surface area (Å²) in [6.45, 7) is 1.87. The van der Waals surface area contributed by atoms with Crippen LogP contribution < -0.4 is 0 Å². The Morgan fingerprint density at radius 1 is 1.44 bits per heavy atom. The second-order valence-corrected chi connectivity index (χ2v) is 3.45. The van der Waals surface area contributed by atoms with E-state index in [9.17, 15) is 4.79 Å². The van der Waals surface area contributed by atoms with Crippen molar-refractivity contribution < 1.29 is 9.90 Å². The van der Waals surface area contributed by atoms with E-state index in [0.29, 0.717) is 11.3 Å². The molecule has 0 fully saturated rings. The quantitative estimate of drug-likeness (QED) is 0.809. The summed E-state index contributed by atoms with van der Waals surface area (Å²) in [7, 11) is 1.58. The van der Waals surface area contributed by atoms with Crippen LogP contribution in [0.2, 0.25) is 0 Å². The molecule has 0 saturated heterocycles. The lowest BCUT2D eigenvalue weighted by Crippen LogP contribution is -2.07. The second-order valence-electron chi connectivity index (χ2n) is 3.45. The van der Waals surface area contributed by atoms with Crippen LogP contribution in [0.3, 0.4) is 0 Å². The average Bonchev–Trinajstić information content (AvgIpc) is 2.60. The number of carboxylic acid groups (broad SMARTS) is 1. The number of aromatic carboxylic acids is 1. The van der Waals surface area contributed by atoms with Crippen molar-refractivity contribution in [2.24, 2.45) is 7.05 Å². The Labute approximate surface area is 91.6 Å². The van der Waals surface area contributed by atoms with Crippen LogP contribution in [0.25, 0.3) is 11.3 Å². The average molecular weight is 218 g/mol. The van der Waals surface area contributed by atoms with Gasteiger partial charge in [-0.05, 0) is 18.6 Å². The first-order chi connectivity index (χ1) is 7.59. The zero-order valence-electron chi connectivity index (χ0n) is 8.88. The SMILES string of the molecule is Cc1cnnc(-c2cnn(C)c2C(=O)O)c1. The molecule has 0 saturated carbocycles. The van der Waals surface area contributed by atoms with Gasteiger partial charge in [0.1, 0.15) is 0 Å². The highest BCUT2D eigenvalue weighted by Gasteiger charge is 2.18. The van der Waals surface area contributed by atoms with Crippen LogP contribution in [0.5, 0.6) is 0 Å². The standard InChI is InChI=1S/C10H10N4O2/c1-6-3-8(13-11-4-6)7-5-12-14(2)9(7)10(15)16/h3-5H,1-2H3,(H,15,16). The molecule has 2 aromatic rings. The molecule has 0 aliphatic carbocycles. The second kappa shape index (κ2) is 3.73. The first-order valence-corrected chi connectivity index (χ1v) is 4.64. The minimum atomic E-state index is -1.03. The van der Waals surface area contributed by atoms with Crippen LogP contribution in [-0.2, 0) is 7.05 Å². The van der Waals surface area contributed by atoms with Crippen molar-refractivity contribution in [1.29, 1.82) is 0 Å². The Bertz CT molecular complexity index is 548. The zero-order valence-corrected chi connectivity index (χ0v) is 8.88. The summed E-state index contributed by atoms with van der Waals surface area (Å²) in [6, 6.07) is 1.77. The molecule has 0 aliphatic heterocycles. The van der Waals surface area contributed by atoms with Gasteiger partial charge in [-0.15, -0.1) is 0 Å². The molecule has 0 radical (unpaired) electrons. The summed E-state index contributed by atoms with van der Waals surface area (Å²) in [5.74, 6) is -1.03. The number of carbonyl (C=O) groups is 1. The monoisotopic (exact) mass is 218 g/mol. The number of hydrogen-bond acceptors (Lipinski definition) is 4. The summed E-state index contributed by atoms with van der Waals surface area (Å²) in [4.78, 5) is 11.1. The van der Waals surface area contributed by atoms with Crippen LogP contribution >= 0.6 is 0 Å². The zero-order chi connectivity index (χ0) is 11.7. The van der Waals surface area contributed by atoms with E-state index in [1.165, 1.54) is 10.9 Å². The molecule has 0 aromatic carbocycles. The van der Waals surface area contributed by atoms with E-state index in [2.05, 4.69) is 15.3 Å². The first-order valence-electron chi connectivity index (χ1n) is 4.64. The van der Waals surface area contributed by atoms with Gasteiger partial charge in [-0.2, -0.15) is 15.3 Å². The van der Waals surface area contributed by atoms with Gasteiger partial charge in [0.2, 0.25) is 0 Å². The highest BCUT2D eigenvalue weighted by molar-refractivity contribution is 5.93. The summed E-state index contributed by atoms with van der Waals surface area (Å²) >= 11 is 0. The smallest absolute Gasteiger partial charge is 0.354 e. The molecule has 0 aliphatic rings. The molecule has 6 nitrogen and oxygen atoms in total. The van der Waals surface area contributed by atoms with Gasteiger partial charge in [0.05, 0.1) is 23.7 Å². The van der Waals surface area contributed by atoms with Crippen molar-refractivity contribution >= 4 is 5.97 Å². The van der Waals surface area contributed by atoms with Gasteiger partial charge in [0.15, 0.2) is 5.69 Å². The van der Waals surface area contributed by atoms with E-state index in [4.69, 9.17) is 5.11 Å². The lowest BCUT2D eigenvalue weighted by Gasteiger charge is -2.00. The minimum absolute atomic E-state index is 0.111. The maximum absolute atomic E-state index is 11.1. The molecule has 1 N–H and O–H groups in total. The molecule has 0 atom stereocenters. The maximum Gasteiger partial charge on any atom is 0.354 e. The van der Waals surface area contributed by atoms with Gasteiger partial charge in [-0.3, -0.25) is 4.68 Å². The number of hydrogen-bond donors (Lipinski definition) is 1. The number of carboxylic acids is 1. The Kier molecular flexibility index (Phi) is 2.40. The fourth-order valence-electron chi connectivity index (χ4n) is 1.47. The summed E-state index contributed by atoms with van der Waals surface area (Å²) in [5.41, 5.74) is 2.03. The Morgan fingerprint density at radius 3 is 2.81 bits per heavy atom. The van der Waals surface area contributed by atoms with Gasteiger partial charge in [0, 0.05) is 7.05 Å². The predicted octanol–water partition coefficient (Wildman–Crippen LogP) is 0.884. The highest BCUT2D eigenvalue weighted by atomic mass is 16.4. The Morgan fingerprint density at radius 2 is 2.19 bits per heavy atom. The van der Waals surface area contributed by atoms with Crippen LogP contribution in [0, 0.1) is 6.92 Å². The fourth-order valence-corrected chi connectivity index (χ4v) is 1.47. The third-order valence-electron chi connectivity index (χ3n) is 2.21. The predicted molar refractivity (Wildman–Crippen MR) is 55.9 cm³/mol. The van der Waals surface area contributed by atoms with Crippen molar-refractivity contribution in [1.82, 2.24) is 20.0 Å². The number of aryl methyl sites for hydroxylation is 2. The van der Waals surface area contributed by atoms with Gasteiger partial charge in [0.25, 0.3) is 0 Å². The lowest BCUT2D eigenvalue weighted by atomic mass is 10.1. The largest absolute Gasteiger partial charge is 0.477 e. The van der Waals surface area contributed by atoms with Crippen LogP contribution in [0.4, 0.5) is 0 Å². The Hall–Kier alpha value is -2.24. The van der Waals surface area contributed by atoms with E-state index in [1.807, 2.05) is 6.92 Å². The molecule has 2 aromatic heterocycles. The van der Waals surface area contributed by atoms with Crippen molar-refractivity contribution in [2.75, 3.05) is 0 Å². The molecule has 2 rings (SSSR count). The van der Waals surface area contributed by atoms with Crippen molar-refractivity contribution in [3.05, 3.63) is 29.7 Å². The third-order valence-corrected chi connectivity index (χ3v) is 2.21. The molecular formula is C10H10N4O2. The van der Waals surface area contributed by atoms with Crippen molar-refractivity contribution in [2.45, 2.75) is 6.92 Å². The van der Waals surface area contributed by atoms with Crippen LogP contribution in [0.1, 0.15) is 16.1 Å². The van der Waals surface area contributed by atoms with E-state index in [1.54, 1.807) is 19.3 Å². The molecule has 0 spiro atoms. The highest BCUT2D eigenvalue weighted by Crippen LogP contribution is 2.21. The first kappa shape index (κ1) is 10.3. The lowest BCUT2D eigenvalue weighted by molar-refractivity contribution is 0.0686. The minimum Gasteiger partial charge on any atom is -0.477 e. The van der Waals surface area contributed by atoms with Gasteiger partial charge < -0.3 is 5.11 Å². The fraction of sp³-hybridized carbons (Fsp3) is 0.200. The summed E-state index contributed by atoms with van der Waals surface area (Å²) in [6.07, 6.45) is 3.09. The normalized spacial score (nSPS) is 10.4. The molecule has 0 bridgehead atoms. The van der Waals surface area contributed by atoms with Crippen LogP contribution in [-0.4, -0.2) is 31.1 Å². The summed E-state index contributed by atoms with van der Waals surface area (Å²) < 4.78 is 1.31. The molecule has 0 amide bonds. The van der Waals surface area contributed by atoms with E-state index < -0.39 is 5.97 Å². The molecule has 6 heteroatoms. The van der Waals surface area contributed by atoms with E-state index >= 15 is 0 Å². The Balaban J connectivity index is 2.60. The van der Waals surface area contributed by atoms with Gasteiger partial charge in [-0.25, -0.2) is 4.79 Å². The molecular weight excluding hydrogens is 208 g/mol. The summed E-state index contributed by atoms with van der Waals surface area (Å²) in [5, 5.41) is 20.7. The van der Waals surface area contributed by atoms with Crippen molar-refractivity contribution in [3.63, 3.8) is 0 Å². The third kappa shape index (κ3) is 1.65. The van der Waals surface area contributed by atoms with Crippen molar-refractivity contribution in [3.8, 4) is 11.3 Å². The van der Waals surface area contributed by atoms with Crippen LogP contribution in [0.15, 0.2) is 18.5 Å². The number of nitrogens with zero attached hydrogens (tertiary/aromatic N) is 4. The van der Waals surface area contributed by atoms with E-state index in [-0.39, 0.29) is 5.69 Å². The molecule has 0 unspecified atom stereocenters. The molecule has 82 valence electrons. The molecule has 16 heavy (non-hydrogen) atoms. The molecule has 2 heterocycles. The topological polar surface area (TPSA) is 80.9 Å².